The summed E-state index contributed by atoms with van der Waals surface area (Å²) < 4.78 is 66.3. The number of carbonyl (C=O) groups is 1. The molecule has 3 aromatic rings. The molecule has 2 heterocycles. The number of alkyl halides is 3. The van der Waals surface area contributed by atoms with Crippen LogP contribution in [0.2, 0.25) is 0 Å². The lowest BCUT2D eigenvalue weighted by Gasteiger charge is -2.33. The fourth-order valence-electron chi connectivity index (χ4n) is 3.99. The van der Waals surface area contributed by atoms with Gasteiger partial charge in [-0.15, -0.1) is 0 Å². The molecule has 0 saturated heterocycles. The molecule has 1 aliphatic carbocycles. The monoisotopic (exact) mass is 452 g/mol. The van der Waals surface area contributed by atoms with Gasteiger partial charge < -0.3 is 9.17 Å². The van der Waals surface area contributed by atoms with E-state index in [2.05, 4.69) is 14.2 Å². The van der Waals surface area contributed by atoms with Gasteiger partial charge in [-0.3, -0.25) is 4.79 Å². The van der Waals surface area contributed by atoms with Crippen LogP contribution in [0.4, 0.5) is 13.2 Å². The van der Waals surface area contributed by atoms with Crippen molar-refractivity contribution in [3.63, 3.8) is 0 Å². The van der Waals surface area contributed by atoms with Gasteiger partial charge in [-0.25, -0.2) is 4.98 Å². The highest BCUT2D eigenvalue weighted by Crippen LogP contribution is 2.45. The Morgan fingerprint density at radius 2 is 1.87 bits per heavy atom. The van der Waals surface area contributed by atoms with Crippen LogP contribution in [0.1, 0.15) is 59.2 Å². The topological polar surface area (TPSA) is 89.1 Å². The number of fused-ring (bicyclic) bond motifs is 4. The van der Waals surface area contributed by atoms with Crippen molar-refractivity contribution in [3.8, 4) is 5.75 Å². The first-order chi connectivity index (χ1) is 14.3. The van der Waals surface area contributed by atoms with Crippen LogP contribution in [-0.2, 0) is 22.0 Å². The molecular weight excluding hydrogens is 433 g/mol. The summed E-state index contributed by atoms with van der Waals surface area (Å²) in [6.45, 7) is 7.05. The van der Waals surface area contributed by atoms with Gasteiger partial charge in [0, 0.05) is 27.8 Å². The highest BCUT2D eigenvalue weighted by Gasteiger charge is 2.49. The molecule has 10 heteroatoms. The van der Waals surface area contributed by atoms with Gasteiger partial charge in [0.05, 0.1) is 5.56 Å². The van der Waals surface area contributed by atoms with Crippen LogP contribution in [0, 0.1) is 6.92 Å². The summed E-state index contributed by atoms with van der Waals surface area (Å²) in [6.07, 6.45) is 0.172. The van der Waals surface area contributed by atoms with Crippen molar-refractivity contribution in [3.05, 3.63) is 57.9 Å². The first kappa shape index (κ1) is 21.4. The van der Waals surface area contributed by atoms with E-state index in [1.54, 1.807) is 32.9 Å². The first-order valence-electron chi connectivity index (χ1n) is 9.50. The molecular formula is C21H19F3N2O4S. The zero-order chi connectivity index (χ0) is 22.9. The van der Waals surface area contributed by atoms with Crippen LogP contribution in [0.15, 0.2) is 24.3 Å². The lowest BCUT2D eigenvalue weighted by Crippen LogP contribution is -2.32. The number of pyridine rings is 1. The van der Waals surface area contributed by atoms with Crippen molar-refractivity contribution in [2.45, 2.75) is 45.0 Å². The van der Waals surface area contributed by atoms with E-state index in [1.165, 1.54) is 12.1 Å². The molecule has 0 bridgehead atoms. The Bertz CT molecular complexity index is 1360. The number of H-pyrrole nitrogens is 1. The van der Waals surface area contributed by atoms with E-state index >= 15 is 0 Å². The molecule has 0 aliphatic heterocycles. The third-order valence-electron chi connectivity index (χ3n) is 5.63. The van der Waals surface area contributed by atoms with Gasteiger partial charge in [0.1, 0.15) is 11.4 Å². The zero-order valence-corrected chi connectivity index (χ0v) is 18.0. The quantitative estimate of drug-likeness (QED) is 0.466. The SMILES string of the molecule is CCc1cc2c(cc1OS(=O)(=O)C(F)(F)F)C(C)(C)c1[nH]c3nc(C)ccc3c1C2=O. The molecule has 31 heavy (non-hydrogen) atoms. The van der Waals surface area contributed by atoms with E-state index in [0.717, 1.165) is 5.69 Å². The van der Waals surface area contributed by atoms with Gasteiger partial charge in [-0.1, -0.05) is 20.8 Å². The molecule has 164 valence electrons. The van der Waals surface area contributed by atoms with E-state index in [4.69, 9.17) is 0 Å². The third kappa shape index (κ3) is 3.12. The Hall–Kier alpha value is -2.88. The van der Waals surface area contributed by atoms with Crippen LogP contribution < -0.4 is 4.18 Å². The van der Waals surface area contributed by atoms with Crippen LogP contribution in [-0.4, -0.2) is 29.7 Å². The van der Waals surface area contributed by atoms with Gasteiger partial charge in [-0.2, -0.15) is 21.6 Å². The maximum absolute atomic E-state index is 13.4. The molecule has 0 spiro atoms. The lowest BCUT2D eigenvalue weighted by molar-refractivity contribution is -0.0500. The van der Waals surface area contributed by atoms with E-state index < -0.39 is 26.8 Å². The smallest absolute Gasteiger partial charge is 0.376 e. The van der Waals surface area contributed by atoms with E-state index in [9.17, 15) is 26.4 Å². The van der Waals surface area contributed by atoms with Crippen LogP contribution in [0.3, 0.4) is 0 Å². The Kier molecular flexibility index (Phi) is 4.52. The number of aromatic amines is 1. The molecule has 4 rings (SSSR count). The lowest BCUT2D eigenvalue weighted by atomic mass is 9.71. The number of halogens is 3. The number of aromatic nitrogens is 2. The summed E-state index contributed by atoms with van der Waals surface area (Å²) in [6, 6.07) is 6.25. The van der Waals surface area contributed by atoms with Crippen molar-refractivity contribution in [1.29, 1.82) is 0 Å². The number of hydrogen-bond donors (Lipinski definition) is 1. The van der Waals surface area contributed by atoms with Crippen molar-refractivity contribution >= 4 is 26.9 Å². The second kappa shape index (κ2) is 6.56. The number of benzene rings is 1. The summed E-state index contributed by atoms with van der Waals surface area (Å²) in [5.41, 5.74) is -3.24. The van der Waals surface area contributed by atoms with Gasteiger partial charge in [0.15, 0.2) is 5.78 Å². The van der Waals surface area contributed by atoms with Crippen molar-refractivity contribution in [2.75, 3.05) is 0 Å². The highest BCUT2D eigenvalue weighted by atomic mass is 32.2. The number of hydrogen-bond acceptors (Lipinski definition) is 5. The molecule has 0 atom stereocenters. The number of carbonyl (C=O) groups excluding carboxylic acids is 1. The number of ketones is 1. The van der Waals surface area contributed by atoms with Gasteiger partial charge in [0.25, 0.3) is 0 Å². The summed E-state index contributed by atoms with van der Waals surface area (Å²) in [5, 5.41) is 0.655. The molecule has 1 aliphatic rings. The fraction of sp³-hybridized carbons (Fsp3) is 0.333. The molecule has 0 unspecified atom stereocenters. The van der Waals surface area contributed by atoms with Crippen molar-refractivity contribution in [1.82, 2.24) is 9.97 Å². The molecule has 0 amide bonds. The Labute approximate surface area is 176 Å². The number of rotatable bonds is 3. The average Bonchev–Trinajstić information content (AvgIpc) is 3.04. The van der Waals surface area contributed by atoms with E-state index in [-0.39, 0.29) is 17.8 Å². The van der Waals surface area contributed by atoms with Gasteiger partial charge >= 0.3 is 15.6 Å². The van der Waals surface area contributed by atoms with E-state index in [1.807, 2.05) is 6.92 Å². The minimum atomic E-state index is -5.85. The fourth-order valence-corrected chi connectivity index (χ4v) is 4.48. The average molecular weight is 452 g/mol. The van der Waals surface area contributed by atoms with Crippen molar-refractivity contribution < 1.29 is 30.6 Å². The molecule has 1 aromatic carbocycles. The van der Waals surface area contributed by atoms with E-state index in [0.29, 0.717) is 33.4 Å². The number of nitrogens with zero attached hydrogens (tertiary/aromatic N) is 1. The maximum Gasteiger partial charge on any atom is 0.534 e. The Balaban J connectivity index is 1.95. The molecule has 0 fully saturated rings. The standard InChI is InChI=1S/C21H19F3N2O4S/c1-5-11-8-13-14(9-15(11)30-31(28,29)21(22,23)24)20(3,4)18-16(17(13)27)12-7-6-10(2)25-19(12)26-18/h6-9H,5H2,1-4H3,(H,25,26). The second-order valence-electron chi connectivity index (χ2n) is 8.02. The molecule has 1 N–H and O–H groups in total. The minimum Gasteiger partial charge on any atom is -0.376 e. The molecule has 6 nitrogen and oxygen atoms in total. The Morgan fingerprint density at radius 1 is 1.19 bits per heavy atom. The number of nitrogens with one attached hydrogen (secondary N) is 1. The van der Waals surface area contributed by atoms with Gasteiger partial charge in [0.2, 0.25) is 0 Å². The predicted octanol–water partition coefficient (Wildman–Crippen LogP) is 4.53. The summed E-state index contributed by atoms with van der Waals surface area (Å²) in [4.78, 5) is 21.0. The summed E-state index contributed by atoms with van der Waals surface area (Å²) >= 11 is 0. The second-order valence-corrected chi connectivity index (χ2v) is 9.56. The Morgan fingerprint density at radius 3 is 2.48 bits per heavy atom. The normalized spacial score (nSPS) is 15.6. The molecule has 0 saturated carbocycles. The molecule has 0 radical (unpaired) electrons. The minimum absolute atomic E-state index is 0.172. The summed E-state index contributed by atoms with van der Waals surface area (Å²) in [5.74, 6) is -0.742. The first-order valence-corrected chi connectivity index (χ1v) is 10.9. The third-order valence-corrected chi connectivity index (χ3v) is 6.60. The predicted molar refractivity (Wildman–Crippen MR) is 108 cm³/mol. The van der Waals surface area contributed by atoms with Crippen LogP contribution in [0.5, 0.6) is 5.75 Å². The van der Waals surface area contributed by atoms with Crippen LogP contribution in [0.25, 0.3) is 11.0 Å². The van der Waals surface area contributed by atoms with Crippen LogP contribution >= 0.6 is 0 Å². The summed E-state index contributed by atoms with van der Waals surface area (Å²) in [7, 11) is -5.85. The zero-order valence-electron chi connectivity index (χ0n) is 17.1. The largest absolute Gasteiger partial charge is 0.534 e. The van der Waals surface area contributed by atoms with Gasteiger partial charge in [-0.05, 0) is 48.7 Å². The maximum atomic E-state index is 13.4. The highest BCUT2D eigenvalue weighted by molar-refractivity contribution is 7.88. The van der Waals surface area contributed by atoms with Crippen molar-refractivity contribution in [2.24, 2.45) is 0 Å². The molecule has 2 aromatic heterocycles. The number of aryl methyl sites for hydroxylation is 2.